The van der Waals surface area contributed by atoms with Crippen LogP contribution in [0.4, 0.5) is 5.95 Å². The van der Waals surface area contributed by atoms with E-state index in [4.69, 9.17) is 9.78 Å². The third-order valence-corrected chi connectivity index (χ3v) is 3.59. The molecule has 0 bridgehead atoms. The average molecular weight is 232 g/mol. The van der Waals surface area contributed by atoms with Crippen molar-refractivity contribution in [1.29, 1.82) is 5.26 Å². The predicted molar refractivity (Wildman–Crippen MR) is 61.4 cm³/mol. The highest BCUT2D eigenvalue weighted by Crippen LogP contribution is 2.46. The Morgan fingerprint density at radius 2 is 2.00 bits per heavy atom. The van der Waals surface area contributed by atoms with Gasteiger partial charge < -0.3 is 9.42 Å². The molecule has 0 amide bonds. The van der Waals surface area contributed by atoms with Gasteiger partial charge >= 0.3 is 0 Å². The van der Waals surface area contributed by atoms with Crippen molar-refractivity contribution in [2.75, 3.05) is 18.0 Å². The Labute approximate surface area is 100 Å². The molecule has 0 spiro atoms. The lowest BCUT2D eigenvalue weighted by Gasteiger charge is -2.16. The maximum atomic E-state index is 8.78. The van der Waals surface area contributed by atoms with E-state index in [1.54, 1.807) is 0 Å². The molecule has 0 radical (unpaired) electrons. The fourth-order valence-electron chi connectivity index (χ4n) is 2.39. The van der Waals surface area contributed by atoms with Crippen molar-refractivity contribution in [2.24, 2.45) is 5.92 Å². The van der Waals surface area contributed by atoms with Gasteiger partial charge in [-0.05, 0) is 24.4 Å². The normalized spacial score (nSPS) is 28.5. The van der Waals surface area contributed by atoms with Gasteiger partial charge in [-0.3, -0.25) is 0 Å². The molecular weight excluding hydrogens is 216 g/mol. The minimum atomic E-state index is 0.0902. The number of hydrogen-bond donors (Lipinski definition) is 0. The van der Waals surface area contributed by atoms with Gasteiger partial charge in [-0.15, -0.1) is 0 Å². The van der Waals surface area contributed by atoms with Gasteiger partial charge in [0, 0.05) is 13.1 Å². The summed E-state index contributed by atoms with van der Waals surface area (Å²) in [5, 5.41) is 12.8. The minimum Gasteiger partial charge on any atom is -0.338 e. The van der Waals surface area contributed by atoms with Crippen LogP contribution in [0.1, 0.15) is 43.9 Å². The Kier molecular flexibility index (Phi) is 2.71. The lowest BCUT2D eigenvalue weighted by Crippen LogP contribution is -2.24. The number of nitrogens with zero attached hydrogens (tertiary/aromatic N) is 4. The molecule has 90 valence electrons. The van der Waals surface area contributed by atoms with E-state index >= 15 is 0 Å². The van der Waals surface area contributed by atoms with E-state index in [1.165, 1.54) is 25.7 Å². The molecule has 5 heteroatoms. The molecule has 5 nitrogen and oxygen atoms in total. The number of aromatic nitrogens is 2. The van der Waals surface area contributed by atoms with Gasteiger partial charge in [0.15, 0.2) is 0 Å². The zero-order valence-corrected chi connectivity index (χ0v) is 9.80. The van der Waals surface area contributed by atoms with Gasteiger partial charge in [-0.2, -0.15) is 10.2 Å². The third kappa shape index (κ3) is 2.12. The van der Waals surface area contributed by atoms with Crippen molar-refractivity contribution in [2.45, 2.75) is 38.0 Å². The lowest BCUT2D eigenvalue weighted by molar-refractivity contribution is 0.376. The maximum absolute atomic E-state index is 8.78. The van der Waals surface area contributed by atoms with E-state index in [2.05, 4.69) is 21.1 Å². The average Bonchev–Trinajstić information content (AvgIpc) is 3.07. The quantitative estimate of drug-likeness (QED) is 0.781. The minimum absolute atomic E-state index is 0.0902. The molecule has 1 aliphatic carbocycles. The molecule has 1 saturated carbocycles. The first-order chi connectivity index (χ1) is 8.38. The standard InChI is InChI=1S/C12H16N4O/c13-8-9-7-10(9)11-14-12(15-17-11)16-5-3-1-2-4-6-16/h9-10H,1-7H2. The molecular formula is C12H16N4O. The summed E-state index contributed by atoms with van der Waals surface area (Å²) in [6.45, 7) is 2.04. The summed E-state index contributed by atoms with van der Waals surface area (Å²) >= 11 is 0. The number of hydrogen-bond acceptors (Lipinski definition) is 5. The number of rotatable bonds is 2. The van der Waals surface area contributed by atoms with Crippen LogP contribution in [0.2, 0.25) is 0 Å². The summed E-state index contributed by atoms with van der Waals surface area (Å²) in [4.78, 5) is 6.63. The monoisotopic (exact) mass is 232 g/mol. The molecule has 17 heavy (non-hydrogen) atoms. The van der Waals surface area contributed by atoms with Crippen molar-refractivity contribution >= 4 is 5.95 Å². The van der Waals surface area contributed by atoms with Crippen molar-refractivity contribution in [3.63, 3.8) is 0 Å². The fourth-order valence-corrected chi connectivity index (χ4v) is 2.39. The topological polar surface area (TPSA) is 66.0 Å². The van der Waals surface area contributed by atoms with Crippen LogP contribution in [0, 0.1) is 17.2 Å². The second kappa shape index (κ2) is 4.36. The smallest absolute Gasteiger partial charge is 0.266 e. The van der Waals surface area contributed by atoms with Crippen LogP contribution in [0.25, 0.3) is 0 Å². The van der Waals surface area contributed by atoms with Crippen LogP contribution >= 0.6 is 0 Å². The third-order valence-electron chi connectivity index (χ3n) is 3.59. The summed E-state index contributed by atoms with van der Waals surface area (Å²) in [6, 6.07) is 2.24. The Bertz CT molecular complexity index is 428. The Balaban J connectivity index is 1.69. The van der Waals surface area contributed by atoms with Gasteiger partial charge in [0.05, 0.1) is 17.9 Å². The van der Waals surface area contributed by atoms with Gasteiger partial charge in [-0.25, -0.2) is 0 Å². The van der Waals surface area contributed by atoms with Crippen LogP contribution in [0.15, 0.2) is 4.52 Å². The first kappa shape index (κ1) is 10.6. The second-order valence-corrected chi connectivity index (χ2v) is 4.91. The van der Waals surface area contributed by atoms with E-state index in [0.29, 0.717) is 11.8 Å². The summed E-state index contributed by atoms with van der Waals surface area (Å²) in [5.41, 5.74) is 0. The molecule has 2 heterocycles. The molecule has 1 aromatic heterocycles. The van der Waals surface area contributed by atoms with Crippen LogP contribution in [0.3, 0.4) is 0 Å². The van der Waals surface area contributed by atoms with Crippen LogP contribution in [0.5, 0.6) is 0 Å². The molecule has 3 rings (SSSR count). The summed E-state index contributed by atoms with van der Waals surface area (Å²) in [7, 11) is 0. The summed E-state index contributed by atoms with van der Waals surface area (Å²) < 4.78 is 5.26. The Hall–Kier alpha value is -1.57. The summed E-state index contributed by atoms with van der Waals surface area (Å²) in [6.07, 6.45) is 5.86. The zero-order valence-electron chi connectivity index (χ0n) is 9.80. The van der Waals surface area contributed by atoms with Gasteiger partial charge in [0.25, 0.3) is 5.95 Å². The van der Waals surface area contributed by atoms with E-state index < -0.39 is 0 Å². The molecule has 1 saturated heterocycles. The van der Waals surface area contributed by atoms with Crippen LogP contribution in [-0.4, -0.2) is 23.2 Å². The Morgan fingerprint density at radius 1 is 1.24 bits per heavy atom. The van der Waals surface area contributed by atoms with Crippen LogP contribution in [-0.2, 0) is 0 Å². The van der Waals surface area contributed by atoms with Crippen molar-refractivity contribution in [1.82, 2.24) is 10.1 Å². The SMILES string of the molecule is N#CC1CC1c1nc(N2CCCCCC2)no1. The van der Waals surface area contributed by atoms with E-state index in [0.717, 1.165) is 19.5 Å². The van der Waals surface area contributed by atoms with Gasteiger partial charge in [-0.1, -0.05) is 12.8 Å². The Morgan fingerprint density at radius 3 is 2.65 bits per heavy atom. The van der Waals surface area contributed by atoms with E-state index in [-0.39, 0.29) is 11.8 Å². The fraction of sp³-hybridized carbons (Fsp3) is 0.750. The first-order valence-corrected chi connectivity index (χ1v) is 6.36. The molecule has 0 N–H and O–H groups in total. The summed E-state index contributed by atoms with van der Waals surface area (Å²) in [5.74, 6) is 1.64. The molecule has 2 aliphatic rings. The number of anilines is 1. The second-order valence-electron chi connectivity index (χ2n) is 4.91. The van der Waals surface area contributed by atoms with Crippen molar-refractivity contribution < 1.29 is 4.52 Å². The maximum Gasteiger partial charge on any atom is 0.266 e. The molecule has 2 atom stereocenters. The van der Waals surface area contributed by atoms with Crippen molar-refractivity contribution in [3.05, 3.63) is 5.89 Å². The molecule has 2 fully saturated rings. The highest BCUT2D eigenvalue weighted by molar-refractivity contribution is 5.29. The molecule has 1 aliphatic heterocycles. The van der Waals surface area contributed by atoms with Crippen LogP contribution < -0.4 is 4.90 Å². The largest absolute Gasteiger partial charge is 0.338 e. The number of nitriles is 1. The van der Waals surface area contributed by atoms with Gasteiger partial charge in [0.2, 0.25) is 5.89 Å². The zero-order chi connectivity index (χ0) is 11.7. The first-order valence-electron chi connectivity index (χ1n) is 6.36. The van der Waals surface area contributed by atoms with Crippen molar-refractivity contribution in [3.8, 4) is 6.07 Å². The molecule has 1 aromatic rings. The predicted octanol–water partition coefficient (Wildman–Crippen LogP) is 2.08. The highest BCUT2D eigenvalue weighted by atomic mass is 16.5. The van der Waals surface area contributed by atoms with E-state index in [1.807, 2.05) is 0 Å². The highest BCUT2D eigenvalue weighted by Gasteiger charge is 2.43. The lowest BCUT2D eigenvalue weighted by atomic mass is 10.2. The van der Waals surface area contributed by atoms with E-state index in [9.17, 15) is 0 Å². The van der Waals surface area contributed by atoms with Gasteiger partial charge in [0.1, 0.15) is 0 Å². The molecule has 2 unspecified atom stereocenters. The molecule has 0 aromatic carbocycles.